The third-order valence-corrected chi connectivity index (χ3v) is 18.7. The minimum absolute atomic E-state index is 0.285. The Labute approximate surface area is 134 Å². The van der Waals surface area contributed by atoms with Crippen molar-refractivity contribution in [2.75, 3.05) is 0 Å². The summed E-state index contributed by atoms with van der Waals surface area (Å²) in [6, 6.07) is 22.5. The van der Waals surface area contributed by atoms with Crippen LogP contribution in [0.3, 0.4) is 0 Å². The van der Waals surface area contributed by atoms with E-state index in [-0.39, 0.29) is 6.84 Å². The molecule has 0 aliphatic rings. The SMILES string of the molecule is CC(C)(C)[I-](c1ccccc1)(c1ccccc1)C(C)(C)C. The van der Waals surface area contributed by atoms with Crippen LogP contribution in [-0.2, 0) is 0 Å². The molecule has 0 aliphatic heterocycles. The molecular formula is C20H28I-. The van der Waals surface area contributed by atoms with Gasteiger partial charge in [-0.15, -0.1) is 0 Å². The van der Waals surface area contributed by atoms with Gasteiger partial charge in [-0.05, 0) is 0 Å². The van der Waals surface area contributed by atoms with Gasteiger partial charge in [-0.2, -0.15) is 0 Å². The second-order valence-electron chi connectivity index (χ2n) is 7.29. The van der Waals surface area contributed by atoms with Crippen molar-refractivity contribution < 1.29 is 18.4 Å². The van der Waals surface area contributed by atoms with Crippen molar-refractivity contribution >= 4 is 0 Å². The van der Waals surface area contributed by atoms with Crippen LogP contribution in [-0.4, -0.2) is 6.84 Å². The topological polar surface area (TPSA) is 0 Å². The Morgan fingerprint density at radius 2 is 0.810 bits per heavy atom. The van der Waals surface area contributed by atoms with Gasteiger partial charge >= 0.3 is 135 Å². The normalized spacial score (nSPS) is 14.0. The van der Waals surface area contributed by atoms with E-state index in [9.17, 15) is 0 Å². The molecule has 0 saturated heterocycles. The third kappa shape index (κ3) is 2.77. The summed E-state index contributed by atoms with van der Waals surface area (Å²) in [6.45, 7) is 14.6. The fraction of sp³-hybridized carbons (Fsp3) is 0.400. The zero-order valence-corrected chi connectivity index (χ0v) is 16.3. The van der Waals surface area contributed by atoms with Crippen molar-refractivity contribution in [2.45, 2.75) is 48.4 Å². The molecule has 0 N–H and O–H groups in total. The van der Waals surface area contributed by atoms with Gasteiger partial charge in [0.05, 0.1) is 0 Å². The van der Waals surface area contributed by atoms with E-state index in [4.69, 9.17) is 0 Å². The molecule has 0 unspecified atom stereocenters. The number of alkyl halides is 2. The van der Waals surface area contributed by atoms with Gasteiger partial charge in [-0.25, -0.2) is 0 Å². The monoisotopic (exact) mass is 395 g/mol. The fourth-order valence-electron chi connectivity index (χ4n) is 3.49. The molecule has 0 aliphatic carbocycles. The van der Waals surface area contributed by atoms with Crippen LogP contribution in [0.2, 0.25) is 0 Å². The van der Waals surface area contributed by atoms with Crippen LogP contribution in [0.25, 0.3) is 0 Å². The first-order valence-corrected chi connectivity index (χ1v) is 11.9. The standard InChI is InChI=1S/C20H28I/c1-19(2,3)21(20(4,5)6,17-13-9-7-10-14-17)18-15-11-8-12-16-18/h7-16H,1-6H3/q-1. The van der Waals surface area contributed by atoms with Crippen molar-refractivity contribution in [3.63, 3.8) is 0 Å². The van der Waals surface area contributed by atoms with Gasteiger partial charge in [-0.1, -0.05) is 0 Å². The van der Waals surface area contributed by atoms with Crippen molar-refractivity contribution in [3.05, 3.63) is 67.8 Å². The minimum atomic E-state index is -2.52. The van der Waals surface area contributed by atoms with Crippen LogP contribution in [0.15, 0.2) is 60.7 Å². The van der Waals surface area contributed by atoms with Crippen molar-refractivity contribution in [2.24, 2.45) is 0 Å². The molecule has 0 radical (unpaired) electrons. The quantitative estimate of drug-likeness (QED) is 0.542. The second-order valence-corrected chi connectivity index (χ2v) is 19.5. The summed E-state index contributed by atoms with van der Waals surface area (Å²) in [5.74, 6) is 0. The summed E-state index contributed by atoms with van der Waals surface area (Å²) in [7, 11) is 0. The molecule has 2 aromatic carbocycles. The van der Waals surface area contributed by atoms with E-state index in [1.54, 1.807) is 7.14 Å². The average Bonchev–Trinajstić information content (AvgIpc) is 2.38. The van der Waals surface area contributed by atoms with E-state index < -0.39 is 18.4 Å². The molecule has 0 spiro atoms. The zero-order valence-electron chi connectivity index (χ0n) is 14.2. The molecular weight excluding hydrogens is 367 g/mol. The number of benzene rings is 2. The predicted molar refractivity (Wildman–Crippen MR) is 89.8 cm³/mol. The Kier molecular flexibility index (Phi) is 4.53. The predicted octanol–water partition coefficient (Wildman–Crippen LogP) is 2.48. The molecule has 2 aromatic rings. The van der Waals surface area contributed by atoms with E-state index in [0.717, 1.165) is 0 Å². The van der Waals surface area contributed by atoms with Crippen LogP contribution in [0.4, 0.5) is 0 Å². The molecule has 2 rings (SSSR count). The molecule has 0 heterocycles. The Morgan fingerprint density at radius 3 is 1.05 bits per heavy atom. The van der Waals surface area contributed by atoms with E-state index in [1.807, 2.05) is 0 Å². The van der Waals surface area contributed by atoms with Crippen LogP contribution in [0.1, 0.15) is 41.5 Å². The first-order valence-electron chi connectivity index (χ1n) is 7.58. The Bertz CT molecular complexity index is 515. The molecule has 0 amide bonds. The third-order valence-electron chi connectivity index (χ3n) is 3.82. The maximum absolute atomic E-state index is 2.52. The molecule has 0 aromatic heterocycles. The van der Waals surface area contributed by atoms with E-state index in [1.165, 1.54) is 0 Å². The molecule has 1 heteroatoms. The zero-order chi connectivity index (χ0) is 15.7. The summed E-state index contributed by atoms with van der Waals surface area (Å²) in [5, 5.41) is 0. The van der Waals surface area contributed by atoms with E-state index >= 15 is 0 Å². The number of hydrogen-bond acceptors (Lipinski definition) is 0. The van der Waals surface area contributed by atoms with Crippen molar-refractivity contribution in [1.82, 2.24) is 0 Å². The summed E-state index contributed by atoms with van der Waals surface area (Å²) >= 11 is -2.52. The van der Waals surface area contributed by atoms with Gasteiger partial charge < -0.3 is 0 Å². The summed E-state index contributed by atoms with van der Waals surface area (Å²) < 4.78 is 3.73. The van der Waals surface area contributed by atoms with Gasteiger partial charge in [-0.3, -0.25) is 0 Å². The Balaban J connectivity index is 2.87. The van der Waals surface area contributed by atoms with Crippen molar-refractivity contribution in [1.29, 1.82) is 0 Å². The maximum atomic E-state index is 2.44. The molecule has 116 valence electrons. The molecule has 0 saturated carbocycles. The van der Waals surface area contributed by atoms with Gasteiger partial charge in [0.15, 0.2) is 0 Å². The van der Waals surface area contributed by atoms with Crippen LogP contribution < -0.4 is 18.4 Å². The number of rotatable bonds is 2. The van der Waals surface area contributed by atoms with Gasteiger partial charge in [0.25, 0.3) is 0 Å². The molecule has 0 bridgehead atoms. The number of hydrogen-bond donors (Lipinski definition) is 0. The molecule has 21 heavy (non-hydrogen) atoms. The second kappa shape index (κ2) is 5.75. The molecule has 0 nitrogen and oxygen atoms in total. The number of halogens is 1. The van der Waals surface area contributed by atoms with Crippen LogP contribution in [0.5, 0.6) is 0 Å². The first kappa shape index (κ1) is 16.5. The van der Waals surface area contributed by atoms with Gasteiger partial charge in [0, 0.05) is 0 Å². The van der Waals surface area contributed by atoms with Crippen LogP contribution in [0, 0.1) is 7.14 Å². The Morgan fingerprint density at radius 1 is 0.524 bits per heavy atom. The van der Waals surface area contributed by atoms with E-state index in [2.05, 4.69) is 102 Å². The van der Waals surface area contributed by atoms with Gasteiger partial charge in [0.2, 0.25) is 0 Å². The first-order chi connectivity index (χ1) is 9.71. The Hall–Kier alpha value is -0.830. The average molecular weight is 395 g/mol. The van der Waals surface area contributed by atoms with Crippen molar-refractivity contribution in [3.8, 4) is 0 Å². The summed E-state index contributed by atoms with van der Waals surface area (Å²) in [5.41, 5.74) is 0. The molecule has 0 atom stereocenters. The summed E-state index contributed by atoms with van der Waals surface area (Å²) in [4.78, 5) is 0. The van der Waals surface area contributed by atoms with Crippen LogP contribution >= 0.6 is 0 Å². The van der Waals surface area contributed by atoms with E-state index in [0.29, 0.717) is 0 Å². The van der Waals surface area contributed by atoms with Gasteiger partial charge in [0.1, 0.15) is 0 Å². The molecule has 0 fully saturated rings. The fourth-order valence-corrected chi connectivity index (χ4v) is 19.5. The summed E-state index contributed by atoms with van der Waals surface area (Å²) in [6.07, 6.45) is 0.